The van der Waals surface area contributed by atoms with Crippen LogP contribution in [0, 0.1) is 13.8 Å². The second kappa shape index (κ2) is 6.33. The highest BCUT2D eigenvalue weighted by Gasteiger charge is 2.15. The van der Waals surface area contributed by atoms with E-state index in [9.17, 15) is 0 Å². The number of aromatic nitrogens is 2. The molecule has 0 fully saturated rings. The van der Waals surface area contributed by atoms with Gasteiger partial charge in [0.1, 0.15) is 0 Å². The molecule has 23 heavy (non-hydrogen) atoms. The van der Waals surface area contributed by atoms with Crippen LogP contribution in [-0.2, 0) is 12.8 Å². The van der Waals surface area contributed by atoms with Crippen molar-refractivity contribution < 1.29 is 0 Å². The first-order valence-corrected chi connectivity index (χ1v) is 8.04. The fourth-order valence-electron chi connectivity index (χ4n) is 3.21. The molecule has 0 aliphatic rings. The summed E-state index contributed by atoms with van der Waals surface area (Å²) >= 11 is 0. The Kier molecular flexibility index (Phi) is 4.24. The molecular formula is C21H22N2. The van der Waals surface area contributed by atoms with Crippen molar-refractivity contribution in [2.75, 3.05) is 0 Å². The Morgan fingerprint density at radius 2 is 1.43 bits per heavy atom. The molecule has 2 heteroatoms. The van der Waals surface area contributed by atoms with Crippen molar-refractivity contribution in [2.24, 2.45) is 0 Å². The first kappa shape index (κ1) is 15.4. The summed E-state index contributed by atoms with van der Waals surface area (Å²) in [7, 11) is 0. The predicted molar refractivity (Wildman–Crippen MR) is 98.9 cm³/mol. The Labute approximate surface area is 137 Å². The molecule has 0 unspecified atom stereocenters. The van der Waals surface area contributed by atoms with Gasteiger partial charge in [-0.05, 0) is 67.5 Å². The molecule has 2 aromatic heterocycles. The van der Waals surface area contributed by atoms with Gasteiger partial charge in [-0.1, -0.05) is 12.2 Å². The third-order valence-corrected chi connectivity index (χ3v) is 4.23. The smallest absolute Gasteiger partial charge is 0.0967 e. The number of hydrogen-bond acceptors (Lipinski definition) is 2. The standard InChI is InChI=1S/C21H22N2/c1-5-7-9-17-16(8-6-2)18-10-14(3)12-22-20(18)21-19(17)11-15(4)13-23-21/h5-6,10-13H,1-2,7-9H2,3-4H3. The molecule has 116 valence electrons. The van der Waals surface area contributed by atoms with Crippen molar-refractivity contribution in [3.05, 3.63) is 72.1 Å². The van der Waals surface area contributed by atoms with Crippen LogP contribution in [0.4, 0.5) is 0 Å². The van der Waals surface area contributed by atoms with Crippen LogP contribution in [0.15, 0.2) is 49.8 Å². The van der Waals surface area contributed by atoms with E-state index in [0.717, 1.165) is 30.3 Å². The minimum Gasteiger partial charge on any atom is -0.254 e. The van der Waals surface area contributed by atoms with Crippen LogP contribution in [0.25, 0.3) is 21.8 Å². The zero-order valence-corrected chi connectivity index (χ0v) is 13.9. The van der Waals surface area contributed by atoms with Gasteiger partial charge < -0.3 is 0 Å². The monoisotopic (exact) mass is 302 g/mol. The number of allylic oxidation sites excluding steroid dienone is 2. The van der Waals surface area contributed by atoms with Crippen LogP contribution in [0.3, 0.4) is 0 Å². The Bertz CT molecular complexity index is 907. The van der Waals surface area contributed by atoms with Crippen LogP contribution in [0.1, 0.15) is 28.7 Å². The van der Waals surface area contributed by atoms with E-state index < -0.39 is 0 Å². The zero-order chi connectivity index (χ0) is 16.4. The summed E-state index contributed by atoms with van der Waals surface area (Å²) < 4.78 is 0. The van der Waals surface area contributed by atoms with Gasteiger partial charge in [0, 0.05) is 23.2 Å². The topological polar surface area (TPSA) is 25.8 Å². The van der Waals surface area contributed by atoms with Gasteiger partial charge >= 0.3 is 0 Å². The molecule has 0 amide bonds. The van der Waals surface area contributed by atoms with Crippen molar-refractivity contribution in [1.29, 1.82) is 0 Å². The number of benzene rings is 1. The van der Waals surface area contributed by atoms with E-state index in [-0.39, 0.29) is 0 Å². The van der Waals surface area contributed by atoms with Gasteiger partial charge in [0.25, 0.3) is 0 Å². The van der Waals surface area contributed by atoms with Crippen LogP contribution in [0.5, 0.6) is 0 Å². The third-order valence-electron chi connectivity index (χ3n) is 4.23. The number of pyridine rings is 2. The summed E-state index contributed by atoms with van der Waals surface area (Å²) in [6.07, 6.45) is 10.6. The molecule has 0 bridgehead atoms. The summed E-state index contributed by atoms with van der Waals surface area (Å²) in [6, 6.07) is 4.45. The molecule has 0 aliphatic heterocycles. The lowest BCUT2D eigenvalue weighted by atomic mass is 9.91. The molecule has 0 atom stereocenters. The lowest BCUT2D eigenvalue weighted by molar-refractivity contribution is 0.993. The minimum atomic E-state index is 0.845. The average Bonchev–Trinajstić information content (AvgIpc) is 2.54. The van der Waals surface area contributed by atoms with E-state index in [0.29, 0.717) is 0 Å². The van der Waals surface area contributed by atoms with E-state index in [2.05, 4.69) is 44.1 Å². The van der Waals surface area contributed by atoms with Crippen LogP contribution in [0.2, 0.25) is 0 Å². The third kappa shape index (κ3) is 2.77. The largest absolute Gasteiger partial charge is 0.254 e. The molecule has 1 aromatic carbocycles. The molecule has 0 radical (unpaired) electrons. The van der Waals surface area contributed by atoms with Crippen molar-refractivity contribution in [2.45, 2.75) is 33.1 Å². The highest BCUT2D eigenvalue weighted by molar-refractivity contribution is 6.06. The van der Waals surface area contributed by atoms with Gasteiger partial charge in [-0.2, -0.15) is 0 Å². The Morgan fingerprint density at radius 3 is 1.96 bits per heavy atom. The van der Waals surface area contributed by atoms with Gasteiger partial charge in [0.2, 0.25) is 0 Å². The maximum absolute atomic E-state index is 4.69. The number of hydrogen-bond donors (Lipinski definition) is 0. The highest BCUT2D eigenvalue weighted by Crippen LogP contribution is 2.33. The van der Waals surface area contributed by atoms with E-state index in [1.54, 1.807) is 0 Å². The van der Waals surface area contributed by atoms with Crippen molar-refractivity contribution in [3.63, 3.8) is 0 Å². The quantitative estimate of drug-likeness (QED) is 0.475. The summed E-state index contributed by atoms with van der Waals surface area (Å²) in [5.41, 5.74) is 7.02. The average molecular weight is 302 g/mol. The normalized spacial score (nSPS) is 11.0. The molecule has 0 saturated heterocycles. The fraction of sp³-hybridized carbons (Fsp3) is 0.238. The molecule has 2 nitrogen and oxygen atoms in total. The van der Waals surface area contributed by atoms with Gasteiger partial charge in [-0.15, -0.1) is 13.2 Å². The summed E-state index contributed by atoms with van der Waals surface area (Å²) in [4.78, 5) is 9.38. The maximum Gasteiger partial charge on any atom is 0.0967 e. The van der Waals surface area contributed by atoms with E-state index in [1.165, 1.54) is 33.0 Å². The fourth-order valence-corrected chi connectivity index (χ4v) is 3.21. The summed E-state index contributed by atoms with van der Waals surface area (Å²) in [6.45, 7) is 12.0. The van der Waals surface area contributed by atoms with Crippen molar-refractivity contribution >= 4 is 21.8 Å². The molecule has 3 aromatic rings. The Hall–Kier alpha value is -2.48. The molecule has 0 spiro atoms. The molecule has 2 heterocycles. The minimum absolute atomic E-state index is 0.845. The molecule has 0 saturated carbocycles. The SMILES string of the molecule is C=CCCc1c(CC=C)c2cc(C)cnc2c2ncc(C)cc12. The van der Waals surface area contributed by atoms with Gasteiger partial charge in [0.05, 0.1) is 11.0 Å². The lowest BCUT2D eigenvalue weighted by Gasteiger charge is -2.16. The second-order valence-corrected chi connectivity index (χ2v) is 6.09. The van der Waals surface area contributed by atoms with Gasteiger partial charge in [-0.3, -0.25) is 9.97 Å². The number of fused-ring (bicyclic) bond motifs is 3. The molecule has 3 rings (SSSR count). The molecule has 0 N–H and O–H groups in total. The second-order valence-electron chi connectivity index (χ2n) is 6.09. The number of rotatable bonds is 5. The highest BCUT2D eigenvalue weighted by atomic mass is 14.7. The summed E-state index contributed by atoms with van der Waals surface area (Å²) in [5.74, 6) is 0. The van der Waals surface area contributed by atoms with E-state index in [1.807, 2.05) is 24.5 Å². The van der Waals surface area contributed by atoms with Gasteiger partial charge in [0.15, 0.2) is 0 Å². The number of nitrogens with zero attached hydrogens (tertiary/aromatic N) is 2. The van der Waals surface area contributed by atoms with Crippen molar-refractivity contribution in [1.82, 2.24) is 9.97 Å². The van der Waals surface area contributed by atoms with E-state index >= 15 is 0 Å². The summed E-state index contributed by atoms with van der Waals surface area (Å²) in [5, 5.41) is 2.42. The molecule has 0 aliphatic carbocycles. The van der Waals surface area contributed by atoms with Crippen LogP contribution >= 0.6 is 0 Å². The first-order valence-electron chi connectivity index (χ1n) is 8.04. The van der Waals surface area contributed by atoms with E-state index in [4.69, 9.17) is 4.98 Å². The zero-order valence-electron chi connectivity index (χ0n) is 13.9. The van der Waals surface area contributed by atoms with Crippen LogP contribution < -0.4 is 0 Å². The Morgan fingerprint density at radius 1 is 0.870 bits per heavy atom. The predicted octanol–water partition coefficient (Wildman–Crippen LogP) is 5.25. The maximum atomic E-state index is 4.69. The van der Waals surface area contributed by atoms with Crippen LogP contribution in [-0.4, -0.2) is 9.97 Å². The lowest BCUT2D eigenvalue weighted by Crippen LogP contribution is -2.00. The van der Waals surface area contributed by atoms with Crippen molar-refractivity contribution in [3.8, 4) is 0 Å². The number of aryl methyl sites for hydroxylation is 3. The molecular weight excluding hydrogens is 280 g/mol. The van der Waals surface area contributed by atoms with Gasteiger partial charge in [-0.25, -0.2) is 0 Å². The first-order chi connectivity index (χ1) is 11.2. The Balaban J connectivity index is 2.48.